The molecule has 0 heterocycles. The van der Waals surface area contributed by atoms with Crippen LogP contribution in [0.3, 0.4) is 0 Å². The first-order valence-corrected chi connectivity index (χ1v) is 7.72. The van der Waals surface area contributed by atoms with Crippen molar-refractivity contribution in [3.05, 3.63) is 29.3 Å². The minimum Gasteiger partial charge on any atom is -0.282 e. The van der Waals surface area contributed by atoms with E-state index >= 15 is 0 Å². The molecule has 0 atom stereocenters. The molecule has 6 nitrogen and oxygen atoms in total. The molecule has 0 aliphatic heterocycles. The van der Waals surface area contributed by atoms with Gasteiger partial charge in [0.25, 0.3) is 10.1 Å². The highest BCUT2D eigenvalue weighted by Crippen LogP contribution is 2.14. The summed E-state index contributed by atoms with van der Waals surface area (Å²) < 4.78 is 55.6. The maximum absolute atomic E-state index is 10.9. The van der Waals surface area contributed by atoms with Crippen molar-refractivity contribution in [3.8, 4) is 0 Å². The molecular formula is C9H11NO5S2. The van der Waals surface area contributed by atoms with Gasteiger partial charge in [0.05, 0.1) is 11.2 Å². The first kappa shape index (κ1) is 13.8. The second-order valence-electron chi connectivity index (χ2n) is 3.46. The average molecular weight is 277 g/mol. The highest BCUT2D eigenvalue weighted by atomic mass is 32.2. The van der Waals surface area contributed by atoms with E-state index in [4.69, 9.17) is 4.55 Å². The normalized spacial score (nSPS) is 13.1. The minimum atomic E-state index is -4.31. The maximum Gasteiger partial charge on any atom is 0.294 e. The van der Waals surface area contributed by atoms with Gasteiger partial charge in [-0.1, -0.05) is 6.07 Å². The van der Waals surface area contributed by atoms with Crippen molar-refractivity contribution in [1.82, 2.24) is 0 Å². The second-order valence-corrected chi connectivity index (χ2v) is 6.56. The Balaban J connectivity index is 3.31. The highest BCUT2D eigenvalue weighted by molar-refractivity contribution is 7.89. The first-order chi connectivity index (χ1) is 7.59. The van der Waals surface area contributed by atoms with Crippen molar-refractivity contribution in [2.45, 2.75) is 11.8 Å². The lowest BCUT2D eigenvalue weighted by atomic mass is 10.1. The number of rotatable bonds is 3. The summed E-state index contributed by atoms with van der Waals surface area (Å²) in [4.78, 5) is -0.307. The van der Waals surface area contributed by atoms with Crippen LogP contribution in [0, 0.1) is 6.92 Å². The summed E-state index contributed by atoms with van der Waals surface area (Å²) in [5, 5.41) is 0. The third-order valence-electron chi connectivity index (χ3n) is 1.93. The van der Waals surface area contributed by atoms with E-state index in [1.54, 1.807) is 6.92 Å². The SMILES string of the molecule is Cc1ccc(S(=O)(=O)O)cc1C=NS(C)(=O)=O. The number of sulfonamides is 1. The quantitative estimate of drug-likeness (QED) is 0.644. The monoisotopic (exact) mass is 277 g/mol. The topological polar surface area (TPSA) is 101 Å². The zero-order valence-corrected chi connectivity index (χ0v) is 10.8. The molecule has 1 aromatic rings. The summed E-state index contributed by atoms with van der Waals surface area (Å²) in [5.41, 5.74) is 0.954. The summed E-state index contributed by atoms with van der Waals surface area (Å²) in [5.74, 6) is 0. The summed E-state index contributed by atoms with van der Waals surface area (Å²) >= 11 is 0. The smallest absolute Gasteiger partial charge is 0.282 e. The van der Waals surface area contributed by atoms with Crippen LogP contribution in [0.2, 0.25) is 0 Å². The molecule has 0 amide bonds. The molecule has 0 aliphatic carbocycles. The zero-order chi connectivity index (χ0) is 13.3. The van der Waals surface area contributed by atoms with Gasteiger partial charge in [-0.2, -0.15) is 12.8 Å². The number of hydrogen-bond acceptors (Lipinski definition) is 4. The maximum atomic E-state index is 10.9. The van der Waals surface area contributed by atoms with Crippen LogP contribution >= 0.6 is 0 Å². The van der Waals surface area contributed by atoms with Crippen molar-refractivity contribution in [2.75, 3.05) is 6.26 Å². The van der Waals surface area contributed by atoms with E-state index < -0.39 is 20.1 Å². The Morgan fingerprint density at radius 3 is 2.29 bits per heavy atom. The standard InChI is InChI=1S/C9H11NO5S2/c1-7-3-4-9(17(13,14)15)5-8(7)6-10-16(2,11)12/h3-6H,1-2H3,(H,13,14,15). The number of benzene rings is 1. The molecule has 1 N–H and O–H groups in total. The van der Waals surface area contributed by atoms with E-state index in [1.807, 2.05) is 0 Å². The molecule has 0 fully saturated rings. The number of nitrogens with zero attached hydrogens (tertiary/aromatic N) is 1. The van der Waals surface area contributed by atoms with E-state index in [-0.39, 0.29) is 4.90 Å². The second kappa shape index (κ2) is 4.55. The van der Waals surface area contributed by atoms with Crippen molar-refractivity contribution in [2.24, 2.45) is 4.40 Å². The molecule has 0 spiro atoms. The Kier molecular flexibility index (Phi) is 3.70. The van der Waals surface area contributed by atoms with Crippen LogP contribution in [0.4, 0.5) is 0 Å². The van der Waals surface area contributed by atoms with E-state index in [1.165, 1.54) is 12.1 Å². The Morgan fingerprint density at radius 2 is 1.82 bits per heavy atom. The lowest BCUT2D eigenvalue weighted by Gasteiger charge is -2.02. The molecule has 17 heavy (non-hydrogen) atoms. The molecule has 8 heteroatoms. The number of hydrogen-bond donors (Lipinski definition) is 1. The van der Waals surface area contributed by atoms with E-state index in [0.717, 1.165) is 18.5 Å². The Hall–Kier alpha value is -1.25. The predicted octanol–water partition coefficient (Wildman–Crippen LogP) is 0.620. The highest BCUT2D eigenvalue weighted by Gasteiger charge is 2.10. The molecular weight excluding hydrogens is 266 g/mol. The fraction of sp³-hybridized carbons (Fsp3) is 0.222. The lowest BCUT2D eigenvalue weighted by molar-refractivity contribution is 0.483. The molecule has 0 unspecified atom stereocenters. The van der Waals surface area contributed by atoms with Crippen LogP contribution < -0.4 is 0 Å². The molecule has 0 aromatic heterocycles. The van der Waals surface area contributed by atoms with Crippen molar-refractivity contribution >= 4 is 26.4 Å². The van der Waals surface area contributed by atoms with Gasteiger partial charge in [-0.25, -0.2) is 8.42 Å². The first-order valence-electron chi connectivity index (χ1n) is 4.43. The summed E-state index contributed by atoms with van der Waals surface area (Å²) in [6.45, 7) is 1.66. The van der Waals surface area contributed by atoms with Crippen molar-refractivity contribution < 1.29 is 21.4 Å². The largest absolute Gasteiger partial charge is 0.294 e. The van der Waals surface area contributed by atoms with Gasteiger partial charge >= 0.3 is 0 Å². The lowest BCUT2D eigenvalue weighted by Crippen LogP contribution is -2.00. The molecule has 0 aliphatic rings. The third kappa shape index (κ3) is 4.25. The fourth-order valence-electron chi connectivity index (χ4n) is 1.07. The molecule has 1 aromatic carbocycles. The van der Waals surface area contributed by atoms with Gasteiger partial charge in [0.15, 0.2) is 0 Å². The molecule has 0 saturated carbocycles. The van der Waals surface area contributed by atoms with E-state index in [2.05, 4.69) is 4.40 Å². The Morgan fingerprint density at radius 1 is 1.24 bits per heavy atom. The van der Waals surface area contributed by atoms with Gasteiger partial charge in [0, 0.05) is 6.21 Å². The average Bonchev–Trinajstić information content (AvgIpc) is 2.13. The minimum absolute atomic E-state index is 0.307. The molecule has 0 saturated heterocycles. The van der Waals surface area contributed by atoms with Crippen LogP contribution in [0.15, 0.2) is 27.5 Å². The van der Waals surface area contributed by atoms with Crippen LogP contribution in [0.25, 0.3) is 0 Å². The van der Waals surface area contributed by atoms with E-state index in [0.29, 0.717) is 11.1 Å². The molecule has 1 rings (SSSR count). The summed E-state index contributed by atoms with van der Waals surface area (Å²) in [6.07, 6.45) is 1.96. The van der Waals surface area contributed by atoms with Crippen molar-refractivity contribution in [3.63, 3.8) is 0 Å². The fourth-order valence-corrected chi connectivity index (χ4v) is 1.89. The predicted molar refractivity (Wildman–Crippen MR) is 63.4 cm³/mol. The van der Waals surface area contributed by atoms with Crippen LogP contribution in [0.5, 0.6) is 0 Å². The van der Waals surface area contributed by atoms with Gasteiger partial charge in [-0.15, -0.1) is 0 Å². The van der Waals surface area contributed by atoms with Crippen molar-refractivity contribution in [1.29, 1.82) is 0 Å². The van der Waals surface area contributed by atoms with Gasteiger partial charge in [-0.05, 0) is 30.2 Å². The number of aryl methyl sites for hydroxylation is 1. The zero-order valence-electron chi connectivity index (χ0n) is 9.15. The summed E-state index contributed by atoms with van der Waals surface area (Å²) in [6, 6.07) is 3.83. The molecule has 0 bridgehead atoms. The van der Waals surface area contributed by atoms with Gasteiger partial charge < -0.3 is 0 Å². The van der Waals surface area contributed by atoms with Crippen LogP contribution in [0.1, 0.15) is 11.1 Å². The van der Waals surface area contributed by atoms with Crippen LogP contribution in [-0.2, 0) is 20.1 Å². The Labute approximate surface area is 99.8 Å². The van der Waals surface area contributed by atoms with E-state index in [9.17, 15) is 16.8 Å². The summed E-state index contributed by atoms with van der Waals surface area (Å²) in [7, 11) is -7.84. The Bertz CT molecular complexity index is 659. The molecule has 0 radical (unpaired) electrons. The van der Waals surface area contributed by atoms with Gasteiger partial charge in [-0.3, -0.25) is 4.55 Å². The molecule has 94 valence electrons. The third-order valence-corrected chi connectivity index (χ3v) is 3.27. The van der Waals surface area contributed by atoms with Gasteiger partial charge in [0.1, 0.15) is 0 Å². The van der Waals surface area contributed by atoms with Crippen LogP contribution in [-0.4, -0.2) is 33.9 Å². The van der Waals surface area contributed by atoms with Gasteiger partial charge in [0.2, 0.25) is 10.0 Å².